The fourth-order valence-corrected chi connectivity index (χ4v) is 2.98. The predicted molar refractivity (Wildman–Crippen MR) is 95.5 cm³/mol. The van der Waals surface area contributed by atoms with Crippen LogP contribution in [0, 0.1) is 0 Å². The van der Waals surface area contributed by atoms with E-state index in [2.05, 4.69) is 26.6 Å². The molecule has 0 saturated carbocycles. The number of anilines is 2. The molecular formula is C13H8BrCl3N2S. The molecule has 0 amide bonds. The van der Waals surface area contributed by atoms with Gasteiger partial charge in [-0.1, -0.05) is 50.7 Å². The van der Waals surface area contributed by atoms with Crippen molar-refractivity contribution >= 4 is 79.4 Å². The van der Waals surface area contributed by atoms with Crippen molar-refractivity contribution in [3.05, 3.63) is 55.9 Å². The molecule has 0 aromatic heterocycles. The summed E-state index contributed by atoms with van der Waals surface area (Å²) in [6, 6.07) is 10.6. The number of halogens is 4. The Morgan fingerprint density at radius 2 is 1.60 bits per heavy atom. The lowest BCUT2D eigenvalue weighted by Crippen LogP contribution is -2.19. The minimum Gasteiger partial charge on any atom is -0.332 e. The molecule has 2 aromatic carbocycles. The highest BCUT2D eigenvalue weighted by Crippen LogP contribution is 2.26. The molecule has 0 atom stereocenters. The van der Waals surface area contributed by atoms with Crippen LogP contribution >= 0.6 is 63.0 Å². The maximum Gasteiger partial charge on any atom is 0.175 e. The minimum atomic E-state index is 0.396. The molecule has 0 heterocycles. The molecule has 0 saturated heterocycles. The van der Waals surface area contributed by atoms with Gasteiger partial charge in [0.15, 0.2) is 5.11 Å². The molecule has 0 bridgehead atoms. The van der Waals surface area contributed by atoms with Gasteiger partial charge in [-0.3, -0.25) is 0 Å². The maximum absolute atomic E-state index is 6.10. The van der Waals surface area contributed by atoms with Crippen molar-refractivity contribution < 1.29 is 0 Å². The molecule has 2 rings (SSSR count). The van der Waals surface area contributed by atoms with Gasteiger partial charge in [-0.05, 0) is 48.6 Å². The van der Waals surface area contributed by atoms with Crippen LogP contribution in [0.25, 0.3) is 0 Å². The Morgan fingerprint density at radius 1 is 0.950 bits per heavy atom. The third kappa shape index (κ3) is 4.50. The van der Waals surface area contributed by atoms with E-state index >= 15 is 0 Å². The summed E-state index contributed by atoms with van der Waals surface area (Å²) < 4.78 is 0.897. The Bertz CT molecular complexity index is 644. The van der Waals surface area contributed by atoms with E-state index in [4.69, 9.17) is 47.0 Å². The quantitative estimate of drug-likeness (QED) is 0.575. The molecule has 2 aromatic rings. The van der Waals surface area contributed by atoms with Gasteiger partial charge in [0.05, 0.1) is 10.7 Å². The SMILES string of the molecule is S=C(Nc1cc(Cl)cc(Cl)c1)Nc1ccc(Br)cc1Cl. The van der Waals surface area contributed by atoms with Crippen LogP contribution in [0.4, 0.5) is 11.4 Å². The summed E-state index contributed by atoms with van der Waals surface area (Å²) in [6.07, 6.45) is 0. The van der Waals surface area contributed by atoms with Crippen molar-refractivity contribution in [2.75, 3.05) is 10.6 Å². The van der Waals surface area contributed by atoms with Crippen LogP contribution in [0.2, 0.25) is 15.1 Å². The van der Waals surface area contributed by atoms with Gasteiger partial charge in [0.1, 0.15) is 0 Å². The van der Waals surface area contributed by atoms with Crippen molar-refractivity contribution in [3.8, 4) is 0 Å². The monoisotopic (exact) mass is 408 g/mol. The fraction of sp³-hybridized carbons (Fsp3) is 0. The summed E-state index contributed by atoms with van der Waals surface area (Å²) in [4.78, 5) is 0. The van der Waals surface area contributed by atoms with Crippen LogP contribution < -0.4 is 10.6 Å². The van der Waals surface area contributed by atoms with Gasteiger partial charge in [0, 0.05) is 20.2 Å². The van der Waals surface area contributed by atoms with Gasteiger partial charge >= 0.3 is 0 Å². The second kappa shape index (κ2) is 6.96. The average molecular weight is 411 g/mol. The predicted octanol–water partition coefficient (Wildman–Crippen LogP) is 6.22. The normalized spacial score (nSPS) is 10.2. The summed E-state index contributed by atoms with van der Waals surface area (Å²) in [5.74, 6) is 0. The van der Waals surface area contributed by atoms with Crippen molar-refractivity contribution in [1.29, 1.82) is 0 Å². The Kier molecular flexibility index (Phi) is 5.52. The highest BCUT2D eigenvalue weighted by Gasteiger charge is 2.05. The molecule has 0 fully saturated rings. The Balaban J connectivity index is 2.09. The van der Waals surface area contributed by atoms with E-state index < -0.39 is 0 Å². The molecular weight excluding hydrogens is 402 g/mol. The minimum absolute atomic E-state index is 0.396. The number of nitrogens with one attached hydrogen (secondary N) is 2. The first kappa shape index (κ1) is 15.9. The van der Waals surface area contributed by atoms with Crippen LogP contribution in [-0.4, -0.2) is 5.11 Å². The van der Waals surface area contributed by atoms with Gasteiger partial charge in [0.2, 0.25) is 0 Å². The molecule has 20 heavy (non-hydrogen) atoms. The molecule has 0 radical (unpaired) electrons. The third-order valence-electron chi connectivity index (χ3n) is 2.30. The molecule has 2 nitrogen and oxygen atoms in total. The standard InChI is InChI=1S/C13H8BrCl3N2S/c14-7-1-2-12(11(17)3-7)19-13(20)18-10-5-8(15)4-9(16)6-10/h1-6H,(H2,18,19,20). The van der Waals surface area contributed by atoms with Crippen molar-refractivity contribution in [2.24, 2.45) is 0 Å². The number of rotatable bonds is 2. The van der Waals surface area contributed by atoms with Gasteiger partial charge in [-0.25, -0.2) is 0 Å². The highest BCUT2D eigenvalue weighted by molar-refractivity contribution is 9.10. The molecule has 7 heteroatoms. The zero-order valence-corrected chi connectivity index (χ0v) is 14.6. The topological polar surface area (TPSA) is 24.1 Å². The Hall–Kier alpha value is -0.520. The van der Waals surface area contributed by atoms with Crippen LogP contribution in [-0.2, 0) is 0 Å². The van der Waals surface area contributed by atoms with Crippen LogP contribution in [0.3, 0.4) is 0 Å². The first-order chi connectivity index (χ1) is 9.44. The average Bonchev–Trinajstić information content (AvgIpc) is 2.31. The van der Waals surface area contributed by atoms with Crippen molar-refractivity contribution in [2.45, 2.75) is 0 Å². The molecule has 0 aliphatic rings. The maximum atomic E-state index is 6.10. The summed E-state index contributed by atoms with van der Waals surface area (Å²) >= 11 is 26.5. The van der Waals surface area contributed by atoms with E-state index in [1.807, 2.05) is 12.1 Å². The van der Waals surface area contributed by atoms with E-state index in [1.54, 1.807) is 24.3 Å². The lowest BCUT2D eigenvalue weighted by molar-refractivity contribution is 1.58. The fourth-order valence-electron chi connectivity index (χ4n) is 1.50. The number of benzene rings is 2. The molecule has 0 aliphatic carbocycles. The molecule has 0 unspecified atom stereocenters. The van der Waals surface area contributed by atoms with Gasteiger partial charge in [-0.2, -0.15) is 0 Å². The molecule has 0 spiro atoms. The van der Waals surface area contributed by atoms with E-state index in [0.29, 0.717) is 31.6 Å². The molecule has 104 valence electrons. The summed E-state index contributed by atoms with van der Waals surface area (Å²) in [6.45, 7) is 0. The number of hydrogen-bond donors (Lipinski definition) is 2. The van der Waals surface area contributed by atoms with Gasteiger partial charge < -0.3 is 10.6 Å². The van der Waals surface area contributed by atoms with E-state index in [0.717, 1.165) is 4.47 Å². The summed E-state index contributed by atoms with van der Waals surface area (Å²) in [5, 5.41) is 8.02. The highest BCUT2D eigenvalue weighted by atomic mass is 79.9. The second-order valence-electron chi connectivity index (χ2n) is 3.86. The summed E-state index contributed by atoms with van der Waals surface area (Å²) in [5.41, 5.74) is 1.41. The van der Waals surface area contributed by atoms with Crippen LogP contribution in [0.5, 0.6) is 0 Å². The number of thiocarbonyl (C=S) groups is 1. The molecule has 0 aliphatic heterocycles. The lowest BCUT2D eigenvalue weighted by Gasteiger charge is -2.12. The zero-order chi connectivity index (χ0) is 14.7. The van der Waals surface area contributed by atoms with E-state index in [1.165, 1.54) is 0 Å². The second-order valence-corrected chi connectivity index (χ2v) is 6.47. The lowest BCUT2D eigenvalue weighted by atomic mass is 10.3. The van der Waals surface area contributed by atoms with Gasteiger partial charge in [0.25, 0.3) is 0 Å². The van der Waals surface area contributed by atoms with Crippen molar-refractivity contribution in [3.63, 3.8) is 0 Å². The van der Waals surface area contributed by atoms with Crippen LogP contribution in [0.15, 0.2) is 40.9 Å². The zero-order valence-electron chi connectivity index (χ0n) is 9.88. The molecule has 2 N–H and O–H groups in total. The van der Waals surface area contributed by atoms with Gasteiger partial charge in [-0.15, -0.1) is 0 Å². The first-order valence-corrected chi connectivity index (χ1v) is 7.77. The summed E-state index contributed by atoms with van der Waals surface area (Å²) in [7, 11) is 0. The Morgan fingerprint density at radius 3 is 2.20 bits per heavy atom. The van der Waals surface area contributed by atoms with E-state index in [9.17, 15) is 0 Å². The largest absolute Gasteiger partial charge is 0.332 e. The first-order valence-electron chi connectivity index (χ1n) is 5.43. The van der Waals surface area contributed by atoms with E-state index in [-0.39, 0.29) is 0 Å². The Labute approximate surface area is 145 Å². The van der Waals surface area contributed by atoms with Crippen molar-refractivity contribution in [1.82, 2.24) is 0 Å². The number of hydrogen-bond acceptors (Lipinski definition) is 1. The third-order valence-corrected chi connectivity index (χ3v) is 3.75. The van der Waals surface area contributed by atoms with Crippen LogP contribution in [0.1, 0.15) is 0 Å². The smallest absolute Gasteiger partial charge is 0.175 e.